The average Bonchev–Trinajstić information content (AvgIpc) is 2.53. The first-order valence-corrected chi connectivity index (χ1v) is 9.30. The van der Waals surface area contributed by atoms with E-state index in [0.29, 0.717) is 11.3 Å². The van der Waals surface area contributed by atoms with Crippen molar-refractivity contribution >= 4 is 21.6 Å². The zero-order valence-corrected chi connectivity index (χ0v) is 15.2. The fraction of sp³-hybridized carbons (Fsp3) is 0.278. The van der Waals surface area contributed by atoms with Gasteiger partial charge in [0.1, 0.15) is 5.82 Å². The topological polar surface area (TPSA) is 75.3 Å². The summed E-state index contributed by atoms with van der Waals surface area (Å²) in [4.78, 5) is 12.0. The van der Waals surface area contributed by atoms with Crippen molar-refractivity contribution < 1.29 is 17.6 Å². The van der Waals surface area contributed by atoms with E-state index in [2.05, 4.69) is 10.0 Å². The van der Waals surface area contributed by atoms with Crippen LogP contribution in [-0.2, 0) is 14.8 Å². The van der Waals surface area contributed by atoms with Crippen molar-refractivity contribution in [2.75, 3.05) is 11.9 Å². The Hall–Kier alpha value is -2.25. The summed E-state index contributed by atoms with van der Waals surface area (Å²) in [6.07, 6.45) is -0.0560. The number of amides is 1. The van der Waals surface area contributed by atoms with E-state index in [0.717, 1.165) is 11.1 Å². The Morgan fingerprint density at radius 2 is 1.68 bits per heavy atom. The van der Waals surface area contributed by atoms with Crippen molar-refractivity contribution in [3.8, 4) is 0 Å². The maximum atomic E-state index is 13.4. The standard InChI is InChI=1S/C18H21FN2O3S/c1-12-5-7-16(10-14(12)3)25(23,24)20-9-8-18(22)21-15-6-4-13(2)17(19)11-15/h4-7,10-11,20H,8-9H2,1-3H3,(H,21,22). The largest absolute Gasteiger partial charge is 0.326 e. The van der Waals surface area contributed by atoms with Crippen LogP contribution in [0.4, 0.5) is 10.1 Å². The fourth-order valence-electron chi connectivity index (χ4n) is 2.16. The fourth-order valence-corrected chi connectivity index (χ4v) is 3.27. The molecular formula is C18H21FN2O3S. The van der Waals surface area contributed by atoms with E-state index >= 15 is 0 Å². The number of anilines is 1. The normalized spacial score (nSPS) is 11.4. The Morgan fingerprint density at radius 1 is 1.00 bits per heavy atom. The molecule has 0 heterocycles. The minimum absolute atomic E-state index is 0.0462. The lowest BCUT2D eigenvalue weighted by Crippen LogP contribution is -2.28. The molecule has 2 rings (SSSR count). The number of sulfonamides is 1. The number of hydrogen-bond acceptors (Lipinski definition) is 3. The van der Waals surface area contributed by atoms with Gasteiger partial charge in [-0.1, -0.05) is 12.1 Å². The van der Waals surface area contributed by atoms with Crippen molar-refractivity contribution in [3.63, 3.8) is 0 Å². The van der Waals surface area contributed by atoms with E-state index in [1.165, 1.54) is 12.1 Å². The number of nitrogens with one attached hydrogen (secondary N) is 2. The molecule has 134 valence electrons. The van der Waals surface area contributed by atoms with Gasteiger partial charge in [-0.15, -0.1) is 0 Å². The average molecular weight is 364 g/mol. The Bertz CT molecular complexity index is 895. The number of hydrogen-bond donors (Lipinski definition) is 2. The van der Waals surface area contributed by atoms with Gasteiger partial charge in [-0.25, -0.2) is 17.5 Å². The molecule has 0 aliphatic heterocycles. The third-order valence-electron chi connectivity index (χ3n) is 3.89. The Morgan fingerprint density at radius 3 is 2.32 bits per heavy atom. The number of benzene rings is 2. The molecule has 1 amide bonds. The van der Waals surface area contributed by atoms with E-state index in [-0.39, 0.29) is 17.9 Å². The van der Waals surface area contributed by atoms with Gasteiger partial charge >= 0.3 is 0 Å². The lowest BCUT2D eigenvalue weighted by molar-refractivity contribution is -0.116. The monoisotopic (exact) mass is 364 g/mol. The maximum absolute atomic E-state index is 13.4. The summed E-state index contributed by atoms with van der Waals surface area (Å²) in [5.41, 5.74) is 2.70. The number of carbonyl (C=O) groups excluding carboxylic acids is 1. The Labute approximate surface area is 147 Å². The summed E-state index contributed by atoms with van der Waals surface area (Å²) in [7, 11) is -3.67. The van der Waals surface area contributed by atoms with Gasteiger partial charge in [0.25, 0.3) is 0 Å². The van der Waals surface area contributed by atoms with Gasteiger partial charge in [0.05, 0.1) is 4.90 Å². The first-order valence-electron chi connectivity index (χ1n) is 7.82. The number of carbonyl (C=O) groups is 1. The van der Waals surface area contributed by atoms with E-state index in [1.807, 2.05) is 13.8 Å². The predicted molar refractivity (Wildman–Crippen MR) is 95.5 cm³/mol. The van der Waals surface area contributed by atoms with Gasteiger partial charge in [0.15, 0.2) is 0 Å². The number of halogens is 1. The molecule has 0 saturated carbocycles. The Kier molecular flexibility index (Phi) is 5.92. The molecule has 2 N–H and O–H groups in total. The van der Waals surface area contributed by atoms with Crippen LogP contribution in [0, 0.1) is 26.6 Å². The first kappa shape index (κ1) is 19.1. The summed E-state index contributed by atoms with van der Waals surface area (Å²) in [6, 6.07) is 9.24. The molecule has 0 aliphatic carbocycles. The van der Waals surface area contributed by atoms with Crippen molar-refractivity contribution in [1.29, 1.82) is 0 Å². The van der Waals surface area contributed by atoms with Crippen LogP contribution in [0.3, 0.4) is 0 Å². The quantitative estimate of drug-likeness (QED) is 0.827. The predicted octanol–water partition coefficient (Wildman–Crippen LogP) is 3.06. The van der Waals surface area contributed by atoms with Crippen LogP contribution in [0.2, 0.25) is 0 Å². The summed E-state index contributed by atoms with van der Waals surface area (Å²) in [5, 5.41) is 2.54. The van der Waals surface area contributed by atoms with Crippen LogP contribution in [0.1, 0.15) is 23.1 Å². The van der Waals surface area contributed by atoms with Crippen LogP contribution >= 0.6 is 0 Å². The molecule has 0 atom stereocenters. The second-order valence-electron chi connectivity index (χ2n) is 5.91. The minimum atomic E-state index is -3.67. The van der Waals surface area contributed by atoms with Gasteiger partial charge in [0.2, 0.25) is 15.9 Å². The van der Waals surface area contributed by atoms with Gasteiger partial charge in [-0.3, -0.25) is 4.79 Å². The summed E-state index contributed by atoms with van der Waals surface area (Å²) in [5.74, 6) is -0.806. The summed E-state index contributed by atoms with van der Waals surface area (Å²) < 4.78 is 40.3. The zero-order chi connectivity index (χ0) is 18.6. The van der Waals surface area contributed by atoms with Gasteiger partial charge in [0, 0.05) is 18.7 Å². The van der Waals surface area contributed by atoms with Crippen LogP contribution in [0.5, 0.6) is 0 Å². The van der Waals surface area contributed by atoms with Crippen LogP contribution in [-0.4, -0.2) is 20.9 Å². The van der Waals surface area contributed by atoms with Gasteiger partial charge in [-0.2, -0.15) is 0 Å². The smallest absolute Gasteiger partial charge is 0.240 e. The molecule has 2 aromatic carbocycles. The molecule has 25 heavy (non-hydrogen) atoms. The van der Waals surface area contributed by atoms with E-state index in [1.54, 1.807) is 31.2 Å². The highest BCUT2D eigenvalue weighted by atomic mass is 32.2. The number of rotatable bonds is 6. The molecule has 0 aliphatic rings. The van der Waals surface area contributed by atoms with Crippen LogP contribution < -0.4 is 10.0 Å². The van der Waals surface area contributed by atoms with Crippen molar-refractivity contribution in [3.05, 3.63) is 58.9 Å². The molecule has 0 fully saturated rings. The molecule has 0 unspecified atom stereocenters. The molecule has 7 heteroatoms. The second-order valence-corrected chi connectivity index (χ2v) is 7.67. The second kappa shape index (κ2) is 7.76. The molecule has 0 saturated heterocycles. The van der Waals surface area contributed by atoms with Gasteiger partial charge < -0.3 is 5.32 Å². The lowest BCUT2D eigenvalue weighted by atomic mass is 10.1. The third kappa shape index (κ3) is 5.11. The zero-order valence-electron chi connectivity index (χ0n) is 14.4. The van der Waals surface area contributed by atoms with Crippen LogP contribution in [0.15, 0.2) is 41.3 Å². The lowest BCUT2D eigenvalue weighted by Gasteiger charge is -2.09. The van der Waals surface area contributed by atoms with Gasteiger partial charge in [-0.05, 0) is 61.7 Å². The minimum Gasteiger partial charge on any atom is -0.326 e. The molecule has 0 aromatic heterocycles. The highest BCUT2D eigenvalue weighted by Crippen LogP contribution is 2.15. The van der Waals surface area contributed by atoms with Crippen molar-refractivity contribution in [2.24, 2.45) is 0 Å². The molecule has 0 radical (unpaired) electrons. The van der Waals surface area contributed by atoms with E-state index < -0.39 is 21.7 Å². The van der Waals surface area contributed by atoms with Crippen molar-refractivity contribution in [2.45, 2.75) is 32.1 Å². The highest BCUT2D eigenvalue weighted by molar-refractivity contribution is 7.89. The van der Waals surface area contributed by atoms with Crippen LogP contribution in [0.25, 0.3) is 0 Å². The summed E-state index contributed by atoms with van der Waals surface area (Å²) >= 11 is 0. The number of aryl methyl sites for hydroxylation is 3. The van der Waals surface area contributed by atoms with E-state index in [9.17, 15) is 17.6 Å². The maximum Gasteiger partial charge on any atom is 0.240 e. The first-order chi connectivity index (χ1) is 11.7. The summed E-state index contributed by atoms with van der Waals surface area (Å²) in [6.45, 7) is 5.32. The Balaban J connectivity index is 1.91. The molecule has 0 spiro atoms. The van der Waals surface area contributed by atoms with Crippen molar-refractivity contribution in [1.82, 2.24) is 4.72 Å². The SMILES string of the molecule is Cc1ccc(S(=O)(=O)NCCC(=O)Nc2ccc(C)c(F)c2)cc1C. The third-order valence-corrected chi connectivity index (χ3v) is 5.35. The molecule has 2 aromatic rings. The molecule has 5 nitrogen and oxygen atoms in total. The molecular weight excluding hydrogens is 343 g/mol. The highest BCUT2D eigenvalue weighted by Gasteiger charge is 2.15. The van der Waals surface area contributed by atoms with E-state index in [4.69, 9.17) is 0 Å². The molecule has 0 bridgehead atoms.